The van der Waals surface area contributed by atoms with E-state index in [0.29, 0.717) is 0 Å². The minimum Gasteiger partial charge on any atom is -0.360 e. The average Bonchev–Trinajstić information content (AvgIpc) is 3.69. The Morgan fingerprint density at radius 3 is 1.48 bits per heavy atom. The molecule has 0 saturated heterocycles. The highest BCUT2D eigenvalue weighted by Crippen LogP contribution is 2.47. The molecule has 0 aliphatic carbocycles. The quantitative estimate of drug-likeness (QED) is 0.209. The molecule has 0 radical (unpaired) electrons. The van der Waals surface area contributed by atoms with Crippen LogP contribution in [0.2, 0.25) is 0 Å². The van der Waals surface area contributed by atoms with Crippen LogP contribution in [0.5, 0.6) is 0 Å². The van der Waals surface area contributed by atoms with Crippen molar-refractivity contribution < 1.29 is 0 Å². The zero-order valence-electron chi connectivity index (χ0n) is 23.8. The maximum Gasteiger partial charge on any atom is 0.0542 e. The molecule has 7 aromatic rings. The lowest BCUT2D eigenvalue weighted by atomic mass is 9.89. The van der Waals surface area contributed by atoms with Gasteiger partial charge in [-0.25, -0.2) is 0 Å². The summed E-state index contributed by atoms with van der Waals surface area (Å²) in [6.45, 7) is 4.49. The van der Waals surface area contributed by atoms with Crippen molar-refractivity contribution in [1.29, 1.82) is 0 Å². The number of aromatic amines is 1. The number of thiophene rings is 1. The van der Waals surface area contributed by atoms with Crippen molar-refractivity contribution in [2.75, 3.05) is 0 Å². The molecule has 0 aliphatic heterocycles. The molecule has 2 heterocycles. The van der Waals surface area contributed by atoms with E-state index in [2.05, 4.69) is 164 Å². The van der Waals surface area contributed by atoms with Crippen molar-refractivity contribution in [3.63, 3.8) is 0 Å². The number of aromatic nitrogens is 1. The van der Waals surface area contributed by atoms with E-state index < -0.39 is 0 Å². The average molecular weight is 558 g/mol. The number of H-pyrrole nitrogens is 1. The van der Waals surface area contributed by atoms with Gasteiger partial charge in [0.25, 0.3) is 0 Å². The standard InChI is InChI=1S/C40H31NS/c1-27-24-34(40-38(32-21-13-6-14-22-32)36(26-42-40)30-17-9-4-10-18-30)28(2)23-33(27)39-37(31-19-11-5-12-20-31)35(25-41-39)29-15-7-3-8-16-29/h3-26,41H,1-2H3. The van der Waals surface area contributed by atoms with Crippen LogP contribution < -0.4 is 0 Å². The number of aryl methyl sites for hydroxylation is 2. The van der Waals surface area contributed by atoms with Gasteiger partial charge in [0.2, 0.25) is 0 Å². The van der Waals surface area contributed by atoms with Gasteiger partial charge in [0.15, 0.2) is 0 Å². The third kappa shape index (κ3) is 4.70. The van der Waals surface area contributed by atoms with Gasteiger partial charge in [-0.3, -0.25) is 0 Å². The zero-order chi connectivity index (χ0) is 28.5. The van der Waals surface area contributed by atoms with Crippen molar-refractivity contribution in [1.82, 2.24) is 4.98 Å². The van der Waals surface area contributed by atoms with Crippen LogP contribution in [0.3, 0.4) is 0 Å². The molecule has 0 unspecified atom stereocenters. The van der Waals surface area contributed by atoms with E-state index >= 15 is 0 Å². The molecule has 0 saturated carbocycles. The van der Waals surface area contributed by atoms with Crippen molar-refractivity contribution in [3.05, 3.63) is 156 Å². The molecule has 1 nitrogen and oxygen atoms in total. The summed E-state index contributed by atoms with van der Waals surface area (Å²) in [7, 11) is 0. The lowest BCUT2D eigenvalue weighted by molar-refractivity contribution is 1.34. The second-order valence-corrected chi connectivity index (χ2v) is 11.6. The van der Waals surface area contributed by atoms with Gasteiger partial charge >= 0.3 is 0 Å². The first-order valence-corrected chi connectivity index (χ1v) is 15.2. The maximum absolute atomic E-state index is 3.68. The van der Waals surface area contributed by atoms with Gasteiger partial charge in [-0.2, -0.15) is 0 Å². The Bertz CT molecular complexity index is 1820. The van der Waals surface area contributed by atoms with Crippen molar-refractivity contribution in [3.8, 4) is 66.2 Å². The largest absolute Gasteiger partial charge is 0.360 e. The molecule has 42 heavy (non-hydrogen) atoms. The van der Waals surface area contributed by atoms with E-state index in [1.165, 1.54) is 71.6 Å². The zero-order valence-corrected chi connectivity index (χ0v) is 24.6. The Labute approximate surface area is 251 Å². The van der Waals surface area contributed by atoms with Crippen molar-refractivity contribution in [2.45, 2.75) is 13.8 Å². The third-order valence-corrected chi connectivity index (χ3v) is 9.06. The highest BCUT2D eigenvalue weighted by molar-refractivity contribution is 7.14. The van der Waals surface area contributed by atoms with E-state index in [9.17, 15) is 0 Å². The lowest BCUT2D eigenvalue weighted by Crippen LogP contribution is -1.92. The second-order valence-electron chi connectivity index (χ2n) is 10.8. The Kier molecular flexibility index (Phi) is 6.91. The summed E-state index contributed by atoms with van der Waals surface area (Å²) in [6, 6.07) is 47.7. The summed E-state index contributed by atoms with van der Waals surface area (Å²) < 4.78 is 0. The van der Waals surface area contributed by atoms with Crippen molar-refractivity contribution >= 4 is 11.3 Å². The number of rotatable bonds is 6. The molecule has 7 rings (SSSR count). The summed E-state index contributed by atoms with van der Waals surface area (Å²) in [5, 5.41) is 2.32. The SMILES string of the molecule is Cc1cc(-c2scc(-c3ccccc3)c2-c2ccccc2)c(C)cc1-c1[nH]cc(-c2ccccc2)c1-c1ccccc1. The van der Waals surface area contributed by atoms with E-state index in [0.717, 1.165) is 5.69 Å². The first-order valence-electron chi connectivity index (χ1n) is 14.4. The highest BCUT2D eigenvalue weighted by atomic mass is 32.1. The summed E-state index contributed by atoms with van der Waals surface area (Å²) in [5.74, 6) is 0. The van der Waals surface area contributed by atoms with Crippen LogP contribution in [0.15, 0.2) is 145 Å². The van der Waals surface area contributed by atoms with E-state index in [1.54, 1.807) is 0 Å². The predicted molar refractivity (Wildman–Crippen MR) is 181 cm³/mol. The van der Waals surface area contributed by atoms with E-state index in [4.69, 9.17) is 0 Å². The number of hydrogen-bond acceptors (Lipinski definition) is 1. The first-order chi connectivity index (χ1) is 20.7. The number of nitrogens with one attached hydrogen (secondary N) is 1. The molecule has 0 atom stereocenters. The predicted octanol–water partition coefficient (Wildman–Crippen LogP) is 11.7. The van der Waals surface area contributed by atoms with Crippen LogP contribution >= 0.6 is 11.3 Å². The Balaban J connectivity index is 1.40. The minimum absolute atomic E-state index is 1.16. The molecule has 0 bridgehead atoms. The molecule has 202 valence electrons. The fourth-order valence-electron chi connectivity index (χ4n) is 5.99. The lowest BCUT2D eigenvalue weighted by Gasteiger charge is -2.16. The molecule has 5 aromatic carbocycles. The van der Waals surface area contributed by atoms with E-state index in [1.807, 2.05) is 11.3 Å². The van der Waals surface area contributed by atoms with Gasteiger partial charge in [0.05, 0.1) is 5.69 Å². The van der Waals surface area contributed by atoms with Gasteiger partial charge in [-0.1, -0.05) is 121 Å². The molecule has 0 fully saturated rings. The minimum atomic E-state index is 1.16. The number of hydrogen-bond donors (Lipinski definition) is 1. The van der Waals surface area contributed by atoms with Gasteiger partial charge in [-0.05, 0) is 70.3 Å². The molecule has 2 heteroatoms. The fraction of sp³-hybridized carbons (Fsp3) is 0.0500. The van der Waals surface area contributed by atoms with Crippen LogP contribution in [-0.4, -0.2) is 4.98 Å². The maximum atomic E-state index is 3.68. The molecule has 1 N–H and O–H groups in total. The van der Waals surface area contributed by atoms with Crippen molar-refractivity contribution in [2.24, 2.45) is 0 Å². The molecule has 0 spiro atoms. The van der Waals surface area contributed by atoms with Gasteiger partial charge in [0.1, 0.15) is 0 Å². The third-order valence-electron chi connectivity index (χ3n) is 8.05. The van der Waals surface area contributed by atoms with Crippen LogP contribution in [0.25, 0.3) is 66.2 Å². The fourth-order valence-corrected chi connectivity index (χ4v) is 7.18. The summed E-state index contributed by atoms with van der Waals surface area (Å²) >= 11 is 1.84. The molecular weight excluding hydrogens is 527 g/mol. The second kappa shape index (κ2) is 11.2. The molecule has 0 aliphatic rings. The molecular formula is C40H31NS. The van der Waals surface area contributed by atoms with Crippen LogP contribution in [-0.2, 0) is 0 Å². The molecule has 0 amide bonds. The van der Waals surface area contributed by atoms with Crippen LogP contribution in [0, 0.1) is 13.8 Å². The normalized spacial score (nSPS) is 11.1. The summed E-state index contributed by atoms with van der Waals surface area (Å²) in [6.07, 6.45) is 2.16. The Morgan fingerprint density at radius 2 is 0.905 bits per heavy atom. The summed E-state index contributed by atoms with van der Waals surface area (Å²) in [5.41, 5.74) is 16.2. The highest BCUT2D eigenvalue weighted by Gasteiger charge is 2.22. The molecule has 2 aromatic heterocycles. The van der Waals surface area contributed by atoms with E-state index in [-0.39, 0.29) is 0 Å². The smallest absolute Gasteiger partial charge is 0.0542 e. The monoisotopic (exact) mass is 557 g/mol. The van der Waals surface area contributed by atoms with Crippen LogP contribution in [0.4, 0.5) is 0 Å². The number of benzene rings is 5. The first kappa shape index (κ1) is 26.0. The van der Waals surface area contributed by atoms with Gasteiger partial charge < -0.3 is 4.98 Å². The van der Waals surface area contributed by atoms with Gasteiger partial charge in [0, 0.05) is 38.9 Å². The Morgan fingerprint density at radius 1 is 0.452 bits per heavy atom. The van der Waals surface area contributed by atoms with Gasteiger partial charge in [-0.15, -0.1) is 11.3 Å². The van der Waals surface area contributed by atoms with Crippen LogP contribution in [0.1, 0.15) is 11.1 Å². The Hall–Kier alpha value is -4.92. The summed E-state index contributed by atoms with van der Waals surface area (Å²) in [4.78, 5) is 4.99. The topological polar surface area (TPSA) is 15.8 Å².